The van der Waals surface area contributed by atoms with E-state index in [1.54, 1.807) is 42.3 Å². The highest BCUT2D eigenvalue weighted by molar-refractivity contribution is 5.88. The number of esters is 1. The minimum absolute atomic E-state index is 0.0623. The zero-order valence-electron chi connectivity index (χ0n) is 16.9. The lowest BCUT2D eigenvalue weighted by molar-refractivity contribution is -0.152. The van der Waals surface area contributed by atoms with Gasteiger partial charge in [0, 0.05) is 19.5 Å². The molecule has 0 aliphatic carbocycles. The predicted molar refractivity (Wildman–Crippen MR) is 105 cm³/mol. The third-order valence-corrected chi connectivity index (χ3v) is 4.76. The summed E-state index contributed by atoms with van der Waals surface area (Å²) in [6, 6.07) is 8.80. The molecule has 0 unspecified atom stereocenters. The van der Waals surface area contributed by atoms with Crippen LogP contribution in [0.4, 0.5) is 0 Å². The van der Waals surface area contributed by atoms with E-state index in [-0.39, 0.29) is 25.4 Å². The summed E-state index contributed by atoms with van der Waals surface area (Å²) >= 11 is 0. The molecular formula is C21H24N2O7. The van der Waals surface area contributed by atoms with Gasteiger partial charge in [-0.05, 0) is 29.8 Å². The van der Waals surface area contributed by atoms with E-state index in [4.69, 9.17) is 18.6 Å². The Kier molecular flexibility index (Phi) is 6.95. The number of carbonyl (C=O) groups excluding carboxylic acids is 3. The molecule has 1 aliphatic heterocycles. The van der Waals surface area contributed by atoms with Crippen LogP contribution >= 0.6 is 0 Å². The maximum atomic E-state index is 12.2. The van der Waals surface area contributed by atoms with Gasteiger partial charge >= 0.3 is 5.97 Å². The second-order valence-corrected chi connectivity index (χ2v) is 6.83. The molecule has 1 aromatic carbocycles. The largest absolute Gasteiger partial charge is 0.493 e. The number of methoxy groups -OCH3 is 2. The van der Waals surface area contributed by atoms with Crippen molar-refractivity contribution >= 4 is 17.8 Å². The monoisotopic (exact) mass is 416 g/mol. The summed E-state index contributed by atoms with van der Waals surface area (Å²) in [5.74, 6) is 0.0557. The van der Waals surface area contributed by atoms with Crippen molar-refractivity contribution in [1.29, 1.82) is 0 Å². The summed E-state index contributed by atoms with van der Waals surface area (Å²) in [6.45, 7) is 0.387. The predicted octanol–water partition coefficient (Wildman–Crippen LogP) is 1.50. The van der Waals surface area contributed by atoms with Crippen molar-refractivity contribution in [3.63, 3.8) is 0 Å². The molecule has 160 valence electrons. The number of carbonyl (C=O) groups is 3. The fourth-order valence-corrected chi connectivity index (χ4v) is 3.17. The molecule has 9 nitrogen and oxygen atoms in total. The standard InChI is InChI=1S/C21H24N2O7/c1-27-17-6-5-14(8-18(17)28-2)10-22-19(24)13-30-21(26)15-9-20(25)23(11-15)12-16-4-3-7-29-16/h3-8,15H,9-13H2,1-2H3,(H,22,24)/t15-/m0/s1. The summed E-state index contributed by atoms with van der Waals surface area (Å²) in [5.41, 5.74) is 0.808. The quantitative estimate of drug-likeness (QED) is 0.618. The molecular weight excluding hydrogens is 392 g/mol. The van der Waals surface area contributed by atoms with Crippen LogP contribution in [0.3, 0.4) is 0 Å². The van der Waals surface area contributed by atoms with Crippen LogP contribution in [0.15, 0.2) is 41.0 Å². The van der Waals surface area contributed by atoms with Crippen molar-refractivity contribution in [1.82, 2.24) is 10.2 Å². The van der Waals surface area contributed by atoms with Crippen molar-refractivity contribution in [2.75, 3.05) is 27.4 Å². The maximum absolute atomic E-state index is 12.2. The second kappa shape index (κ2) is 9.82. The molecule has 9 heteroatoms. The average molecular weight is 416 g/mol. The van der Waals surface area contributed by atoms with Gasteiger partial charge in [0.05, 0.1) is 32.9 Å². The average Bonchev–Trinajstić information content (AvgIpc) is 3.40. The topological polar surface area (TPSA) is 107 Å². The molecule has 1 aromatic heterocycles. The van der Waals surface area contributed by atoms with Crippen molar-refractivity contribution in [3.05, 3.63) is 47.9 Å². The minimum atomic E-state index is -0.592. The van der Waals surface area contributed by atoms with Gasteiger partial charge in [-0.25, -0.2) is 0 Å². The van der Waals surface area contributed by atoms with Gasteiger partial charge in [-0.3, -0.25) is 14.4 Å². The van der Waals surface area contributed by atoms with Crippen molar-refractivity contribution in [3.8, 4) is 11.5 Å². The molecule has 0 saturated carbocycles. The first-order valence-corrected chi connectivity index (χ1v) is 9.44. The van der Waals surface area contributed by atoms with Gasteiger partial charge in [0.25, 0.3) is 5.91 Å². The Morgan fingerprint density at radius 2 is 2.00 bits per heavy atom. The van der Waals surface area contributed by atoms with E-state index in [1.807, 2.05) is 0 Å². The Balaban J connectivity index is 1.42. The molecule has 2 aromatic rings. The van der Waals surface area contributed by atoms with Crippen LogP contribution in [-0.2, 0) is 32.2 Å². The molecule has 0 spiro atoms. The molecule has 1 N–H and O–H groups in total. The third-order valence-electron chi connectivity index (χ3n) is 4.76. The van der Waals surface area contributed by atoms with Crippen LogP contribution in [0, 0.1) is 5.92 Å². The fraction of sp³-hybridized carbons (Fsp3) is 0.381. The number of furan rings is 1. The summed E-state index contributed by atoms with van der Waals surface area (Å²) in [6.07, 6.45) is 1.59. The van der Waals surface area contributed by atoms with Crippen molar-refractivity contribution in [2.24, 2.45) is 5.92 Å². The molecule has 0 bridgehead atoms. The molecule has 1 atom stereocenters. The van der Waals surface area contributed by atoms with E-state index in [9.17, 15) is 14.4 Å². The van der Waals surface area contributed by atoms with Crippen molar-refractivity contribution < 1.29 is 33.0 Å². The van der Waals surface area contributed by atoms with Gasteiger partial charge in [0.15, 0.2) is 18.1 Å². The molecule has 1 saturated heterocycles. The first-order valence-electron chi connectivity index (χ1n) is 9.44. The lowest BCUT2D eigenvalue weighted by atomic mass is 10.1. The Bertz CT molecular complexity index is 895. The zero-order chi connectivity index (χ0) is 21.5. The van der Waals surface area contributed by atoms with Crippen molar-refractivity contribution in [2.45, 2.75) is 19.5 Å². The van der Waals surface area contributed by atoms with Crippen LogP contribution in [0.2, 0.25) is 0 Å². The number of hydrogen-bond acceptors (Lipinski definition) is 7. The molecule has 30 heavy (non-hydrogen) atoms. The Morgan fingerprint density at radius 1 is 1.20 bits per heavy atom. The first-order chi connectivity index (χ1) is 14.5. The molecule has 2 amide bonds. The van der Waals surface area contributed by atoms with Crippen LogP contribution in [0.1, 0.15) is 17.7 Å². The number of rotatable bonds is 9. The number of ether oxygens (including phenoxy) is 3. The van der Waals surface area contributed by atoms with Gasteiger partial charge < -0.3 is 28.8 Å². The van der Waals surface area contributed by atoms with Gasteiger partial charge in [0.2, 0.25) is 5.91 Å². The highest BCUT2D eigenvalue weighted by atomic mass is 16.5. The van der Waals surface area contributed by atoms with E-state index >= 15 is 0 Å². The molecule has 2 heterocycles. The van der Waals surface area contributed by atoms with E-state index in [2.05, 4.69) is 5.32 Å². The lowest BCUT2D eigenvalue weighted by Gasteiger charge is -2.14. The second-order valence-electron chi connectivity index (χ2n) is 6.83. The lowest BCUT2D eigenvalue weighted by Crippen LogP contribution is -2.31. The van der Waals surface area contributed by atoms with Crippen LogP contribution in [0.25, 0.3) is 0 Å². The van der Waals surface area contributed by atoms with E-state index < -0.39 is 24.4 Å². The number of benzene rings is 1. The van der Waals surface area contributed by atoms with Crippen LogP contribution < -0.4 is 14.8 Å². The van der Waals surface area contributed by atoms with Crippen LogP contribution in [0.5, 0.6) is 11.5 Å². The minimum Gasteiger partial charge on any atom is -0.493 e. The maximum Gasteiger partial charge on any atom is 0.311 e. The van der Waals surface area contributed by atoms with Gasteiger partial charge in [-0.1, -0.05) is 6.07 Å². The van der Waals surface area contributed by atoms with E-state index in [0.717, 1.165) is 5.56 Å². The van der Waals surface area contributed by atoms with Gasteiger partial charge in [0.1, 0.15) is 5.76 Å². The van der Waals surface area contributed by atoms with Crippen LogP contribution in [-0.4, -0.2) is 50.1 Å². The zero-order valence-corrected chi connectivity index (χ0v) is 16.9. The Morgan fingerprint density at radius 3 is 2.70 bits per heavy atom. The molecule has 0 radical (unpaired) electrons. The molecule has 1 fully saturated rings. The summed E-state index contributed by atoms with van der Waals surface area (Å²) in [5, 5.41) is 2.68. The number of hydrogen-bond donors (Lipinski definition) is 1. The Hall–Kier alpha value is -3.49. The normalized spacial score (nSPS) is 15.7. The number of amides is 2. The van der Waals surface area contributed by atoms with E-state index in [0.29, 0.717) is 23.8 Å². The fourth-order valence-electron chi connectivity index (χ4n) is 3.17. The highest BCUT2D eigenvalue weighted by Crippen LogP contribution is 2.27. The first kappa shape index (κ1) is 21.2. The number of likely N-dealkylation sites (tertiary alicyclic amines) is 1. The highest BCUT2D eigenvalue weighted by Gasteiger charge is 2.35. The smallest absolute Gasteiger partial charge is 0.311 e. The Labute approximate surface area is 173 Å². The number of nitrogens with one attached hydrogen (secondary N) is 1. The van der Waals surface area contributed by atoms with E-state index in [1.165, 1.54) is 13.4 Å². The molecule has 3 rings (SSSR count). The third kappa shape index (κ3) is 5.31. The molecule has 1 aliphatic rings. The van der Waals surface area contributed by atoms with Gasteiger partial charge in [-0.15, -0.1) is 0 Å². The van der Waals surface area contributed by atoms with Gasteiger partial charge in [-0.2, -0.15) is 0 Å². The summed E-state index contributed by atoms with van der Waals surface area (Å²) < 4.78 is 20.7. The SMILES string of the molecule is COc1ccc(CNC(=O)COC(=O)[C@H]2CC(=O)N(Cc3ccco3)C2)cc1OC. The summed E-state index contributed by atoms with van der Waals surface area (Å²) in [4.78, 5) is 37.9. The number of nitrogens with zero attached hydrogens (tertiary/aromatic N) is 1. The summed E-state index contributed by atoms with van der Waals surface area (Å²) in [7, 11) is 3.07.